The second-order valence-corrected chi connectivity index (χ2v) is 4.94. The van der Waals surface area contributed by atoms with Crippen molar-refractivity contribution in [3.05, 3.63) is 57.8 Å². The summed E-state index contributed by atoms with van der Waals surface area (Å²) in [5, 5.41) is 0.734. The van der Waals surface area contributed by atoms with Crippen LogP contribution in [0, 0.1) is 5.82 Å². The van der Waals surface area contributed by atoms with Crippen LogP contribution in [0.2, 0.25) is 10.0 Å². The van der Waals surface area contributed by atoms with E-state index < -0.39 is 11.8 Å². The van der Waals surface area contributed by atoms with Gasteiger partial charge < -0.3 is 9.47 Å². The summed E-state index contributed by atoms with van der Waals surface area (Å²) >= 11 is 11.7. The maximum atomic E-state index is 13.4. The summed E-state index contributed by atoms with van der Waals surface area (Å²) in [6.07, 6.45) is 0. The zero-order valence-electron chi connectivity index (χ0n) is 11.0. The number of ether oxygens (including phenoxy) is 2. The third-order valence-electron chi connectivity index (χ3n) is 2.50. The molecule has 0 fully saturated rings. The third-order valence-corrected chi connectivity index (χ3v) is 2.94. The molecule has 0 N–H and O–H groups in total. The molecule has 0 aliphatic heterocycles. The van der Waals surface area contributed by atoms with Crippen LogP contribution in [0.3, 0.4) is 0 Å². The predicted molar refractivity (Wildman–Crippen MR) is 78.9 cm³/mol. The van der Waals surface area contributed by atoms with Gasteiger partial charge in [-0.15, -0.1) is 0 Å². The standard InChI is InChI=1S/C15H11Cl2FO3/c1-2-20-15(19)13-4-3-11(18)8-14(13)21-12-6-9(16)5-10(17)7-12/h3-8H,2H2,1H3. The molecule has 2 rings (SSSR count). The van der Waals surface area contributed by atoms with E-state index in [1.165, 1.54) is 24.3 Å². The molecule has 21 heavy (non-hydrogen) atoms. The summed E-state index contributed by atoms with van der Waals surface area (Å²) in [6.45, 7) is 1.89. The van der Waals surface area contributed by atoms with E-state index in [2.05, 4.69) is 0 Å². The Balaban J connectivity index is 2.38. The molecule has 2 aromatic rings. The number of benzene rings is 2. The molecule has 0 saturated heterocycles. The summed E-state index contributed by atoms with van der Waals surface area (Å²) in [4.78, 5) is 11.8. The monoisotopic (exact) mass is 328 g/mol. The minimum atomic E-state index is -0.597. The molecule has 0 spiro atoms. The molecule has 3 nitrogen and oxygen atoms in total. The van der Waals surface area contributed by atoms with Crippen LogP contribution in [0.4, 0.5) is 4.39 Å². The van der Waals surface area contributed by atoms with E-state index in [9.17, 15) is 9.18 Å². The van der Waals surface area contributed by atoms with E-state index in [4.69, 9.17) is 32.7 Å². The summed E-state index contributed by atoms with van der Waals surface area (Å²) in [7, 11) is 0. The van der Waals surface area contributed by atoms with Crippen LogP contribution in [0.25, 0.3) is 0 Å². The zero-order chi connectivity index (χ0) is 15.4. The first kappa shape index (κ1) is 15.6. The molecule has 0 unspecified atom stereocenters. The van der Waals surface area contributed by atoms with Gasteiger partial charge in [0, 0.05) is 16.1 Å². The Morgan fingerprint density at radius 1 is 1.14 bits per heavy atom. The molecule has 0 atom stereocenters. The average molecular weight is 329 g/mol. The molecular formula is C15H11Cl2FO3. The topological polar surface area (TPSA) is 35.5 Å². The van der Waals surface area contributed by atoms with E-state index in [0.29, 0.717) is 15.8 Å². The lowest BCUT2D eigenvalue weighted by Gasteiger charge is -2.11. The van der Waals surface area contributed by atoms with Gasteiger partial charge in [-0.05, 0) is 37.3 Å². The molecule has 0 amide bonds. The Bertz CT molecular complexity index is 654. The zero-order valence-corrected chi connectivity index (χ0v) is 12.5. The van der Waals surface area contributed by atoms with Crippen LogP contribution in [-0.2, 0) is 4.74 Å². The average Bonchev–Trinajstić information content (AvgIpc) is 2.37. The van der Waals surface area contributed by atoms with Gasteiger partial charge in [0.25, 0.3) is 0 Å². The lowest BCUT2D eigenvalue weighted by Crippen LogP contribution is -2.06. The van der Waals surface area contributed by atoms with Crippen molar-refractivity contribution >= 4 is 29.2 Å². The smallest absolute Gasteiger partial charge is 0.341 e. The second kappa shape index (κ2) is 6.78. The number of hydrogen-bond donors (Lipinski definition) is 0. The highest BCUT2D eigenvalue weighted by Gasteiger charge is 2.15. The Labute approximate surface area is 131 Å². The molecule has 0 radical (unpaired) electrons. The fourth-order valence-electron chi connectivity index (χ4n) is 1.67. The van der Waals surface area contributed by atoms with Gasteiger partial charge in [-0.1, -0.05) is 23.2 Å². The highest BCUT2D eigenvalue weighted by molar-refractivity contribution is 6.34. The normalized spacial score (nSPS) is 10.3. The van der Waals surface area contributed by atoms with Crippen molar-refractivity contribution in [3.8, 4) is 11.5 Å². The molecule has 0 saturated carbocycles. The first-order chi connectivity index (χ1) is 9.99. The van der Waals surface area contributed by atoms with Gasteiger partial charge in [-0.3, -0.25) is 0 Å². The molecule has 0 aromatic heterocycles. The van der Waals surface area contributed by atoms with Crippen LogP contribution in [0.15, 0.2) is 36.4 Å². The van der Waals surface area contributed by atoms with E-state index >= 15 is 0 Å². The molecular weight excluding hydrogens is 318 g/mol. The van der Waals surface area contributed by atoms with Gasteiger partial charge in [0.05, 0.1) is 6.61 Å². The molecule has 6 heteroatoms. The molecule has 2 aromatic carbocycles. The van der Waals surface area contributed by atoms with Crippen molar-refractivity contribution in [1.82, 2.24) is 0 Å². The highest BCUT2D eigenvalue weighted by atomic mass is 35.5. The third kappa shape index (κ3) is 4.09. The lowest BCUT2D eigenvalue weighted by molar-refractivity contribution is 0.0523. The SMILES string of the molecule is CCOC(=O)c1ccc(F)cc1Oc1cc(Cl)cc(Cl)c1. The van der Waals surface area contributed by atoms with Gasteiger partial charge in [-0.25, -0.2) is 9.18 Å². The Morgan fingerprint density at radius 2 is 1.81 bits per heavy atom. The fraction of sp³-hybridized carbons (Fsp3) is 0.133. The highest BCUT2D eigenvalue weighted by Crippen LogP contribution is 2.31. The van der Waals surface area contributed by atoms with Crippen molar-refractivity contribution in [2.75, 3.05) is 6.61 Å². The van der Waals surface area contributed by atoms with E-state index in [1.54, 1.807) is 6.92 Å². The van der Waals surface area contributed by atoms with E-state index in [1.807, 2.05) is 0 Å². The van der Waals surface area contributed by atoms with Crippen molar-refractivity contribution in [2.45, 2.75) is 6.92 Å². The van der Waals surface area contributed by atoms with Crippen LogP contribution in [0.1, 0.15) is 17.3 Å². The van der Waals surface area contributed by atoms with Crippen LogP contribution >= 0.6 is 23.2 Å². The van der Waals surface area contributed by atoms with Crippen molar-refractivity contribution in [3.63, 3.8) is 0 Å². The largest absolute Gasteiger partial charge is 0.462 e. The molecule has 110 valence electrons. The summed E-state index contributed by atoms with van der Waals surface area (Å²) < 4.78 is 23.8. The van der Waals surface area contributed by atoms with Crippen molar-refractivity contribution in [2.24, 2.45) is 0 Å². The van der Waals surface area contributed by atoms with Crippen molar-refractivity contribution in [1.29, 1.82) is 0 Å². The fourth-order valence-corrected chi connectivity index (χ4v) is 2.18. The Kier molecular flexibility index (Phi) is 5.04. The van der Waals surface area contributed by atoms with Gasteiger partial charge >= 0.3 is 5.97 Å². The number of hydrogen-bond acceptors (Lipinski definition) is 3. The predicted octanol–water partition coefficient (Wildman–Crippen LogP) is 5.10. The molecule has 0 aliphatic carbocycles. The lowest BCUT2D eigenvalue weighted by atomic mass is 10.2. The number of halogens is 3. The van der Waals surface area contributed by atoms with Gasteiger partial charge in [0.2, 0.25) is 0 Å². The van der Waals surface area contributed by atoms with Crippen LogP contribution in [0.5, 0.6) is 11.5 Å². The quantitative estimate of drug-likeness (QED) is 0.732. The van der Waals surface area contributed by atoms with Crippen molar-refractivity contribution < 1.29 is 18.7 Å². The van der Waals surface area contributed by atoms with Gasteiger partial charge in [-0.2, -0.15) is 0 Å². The Morgan fingerprint density at radius 3 is 2.43 bits per heavy atom. The molecule has 0 aliphatic rings. The Hall–Kier alpha value is -1.78. The first-order valence-corrected chi connectivity index (χ1v) is 6.86. The van der Waals surface area contributed by atoms with Crippen LogP contribution in [-0.4, -0.2) is 12.6 Å². The minimum Gasteiger partial charge on any atom is -0.462 e. The number of carbonyl (C=O) groups is 1. The summed E-state index contributed by atoms with van der Waals surface area (Å²) in [5.74, 6) is -0.803. The van der Waals surface area contributed by atoms with E-state index in [-0.39, 0.29) is 17.9 Å². The number of carbonyl (C=O) groups excluding carboxylic acids is 1. The number of rotatable bonds is 4. The van der Waals surface area contributed by atoms with Gasteiger partial charge in [0.15, 0.2) is 0 Å². The van der Waals surface area contributed by atoms with Gasteiger partial charge in [0.1, 0.15) is 22.9 Å². The second-order valence-electron chi connectivity index (χ2n) is 4.07. The molecule has 0 bridgehead atoms. The van der Waals surface area contributed by atoms with Crippen LogP contribution < -0.4 is 4.74 Å². The summed E-state index contributed by atoms with van der Waals surface area (Å²) in [5.41, 5.74) is 0.120. The maximum absolute atomic E-state index is 13.4. The molecule has 0 heterocycles. The first-order valence-electron chi connectivity index (χ1n) is 6.10. The minimum absolute atomic E-state index is 0.0341. The number of esters is 1. The summed E-state index contributed by atoms with van der Waals surface area (Å²) in [6, 6.07) is 8.11. The van der Waals surface area contributed by atoms with E-state index in [0.717, 1.165) is 12.1 Å². The maximum Gasteiger partial charge on any atom is 0.341 e.